The van der Waals surface area contributed by atoms with Crippen molar-refractivity contribution in [3.8, 4) is 11.1 Å². The van der Waals surface area contributed by atoms with Gasteiger partial charge in [-0.05, 0) is 35.4 Å². The Morgan fingerprint density at radius 3 is 2.24 bits per heavy atom. The van der Waals surface area contributed by atoms with Gasteiger partial charge in [0.15, 0.2) is 5.78 Å². The summed E-state index contributed by atoms with van der Waals surface area (Å²) < 4.78 is 23.1. The molecule has 0 spiro atoms. The maximum Gasteiger partial charge on any atom is 0.239 e. The molecule has 0 aliphatic carbocycles. The molecule has 25 heavy (non-hydrogen) atoms. The number of primary sulfonamides is 1. The fraction of sp³-hybridized carbons (Fsp3) is 0. The van der Waals surface area contributed by atoms with Crippen molar-refractivity contribution < 1.29 is 13.2 Å². The highest BCUT2D eigenvalue weighted by Crippen LogP contribution is 2.24. The van der Waals surface area contributed by atoms with Crippen molar-refractivity contribution in [1.82, 2.24) is 4.98 Å². The van der Waals surface area contributed by atoms with Gasteiger partial charge in [-0.1, -0.05) is 41.9 Å². The van der Waals surface area contributed by atoms with Crippen molar-refractivity contribution >= 4 is 27.4 Å². The van der Waals surface area contributed by atoms with E-state index < -0.39 is 10.0 Å². The standard InChI is InChI=1S/C18H13ClN2O3S/c19-16-8-7-14(10-17(16)25(20,23)24)18(22)13-5-3-12(4-6-13)15-2-1-9-21-11-15/h1-11H,(H2,20,23,24). The summed E-state index contributed by atoms with van der Waals surface area (Å²) in [7, 11) is -4.01. The number of nitrogens with two attached hydrogens (primary N) is 1. The first kappa shape index (κ1) is 17.3. The molecule has 5 nitrogen and oxygen atoms in total. The fourth-order valence-electron chi connectivity index (χ4n) is 2.38. The number of carbonyl (C=O) groups excluding carboxylic acids is 1. The van der Waals surface area contributed by atoms with Gasteiger partial charge in [0.25, 0.3) is 0 Å². The number of nitrogens with zero attached hydrogens (tertiary/aromatic N) is 1. The minimum Gasteiger partial charge on any atom is -0.289 e. The van der Waals surface area contributed by atoms with Gasteiger partial charge in [-0.15, -0.1) is 0 Å². The predicted molar refractivity (Wildman–Crippen MR) is 95.9 cm³/mol. The molecule has 0 atom stereocenters. The van der Waals surface area contributed by atoms with E-state index in [4.69, 9.17) is 16.7 Å². The third kappa shape index (κ3) is 3.76. The van der Waals surface area contributed by atoms with E-state index in [0.29, 0.717) is 5.56 Å². The lowest BCUT2D eigenvalue weighted by atomic mass is 10.00. The molecule has 1 aromatic heterocycles. The molecule has 0 fully saturated rings. The Morgan fingerprint density at radius 2 is 1.64 bits per heavy atom. The van der Waals surface area contributed by atoms with E-state index in [1.54, 1.807) is 36.7 Å². The molecule has 0 radical (unpaired) electrons. The Labute approximate surface area is 150 Å². The van der Waals surface area contributed by atoms with Crippen molar-refractivity contribution in [1.29, 1.82) is 0 Å². The summed E-state index contributed by atoms with van der Waals surface area (Å²) in [5.74, 6) is -0.320. The number of sulfonamides is 1. The number of pyridine rings is 1. The SMILES string of the molecule is NS(=O)(=O)c1cc(C(=O)c2ccc(-c3cccnc3)cc2)ccc1Cl. The zero-order valence-electron chi connectivity index (χ0n) is 12.9. The molecule has 0 aliphatic heterocycles. The van der Waals surface area contributed by atoms with E-state index in [-0.39, 0.29) is 21.3 Å². The third-order valence-electron chi connectivity index (χ3n) is 3.64. The molecule has 0 amide bonds. The van der Waals surface area contributed by atoms with Crippen LogP contribution in [-0.4, -0.2) is 19.2 Å². The van der Waals surface area contributed by atoms with Gasteiger partial charge in [0, 0.05) is 23.5 Å². The second-order valence-electron chi connectivity index (χ2n) is 5.34. The zero-order valence-corrected chi connectivity index (χ0v) is 14.5. The van der Waals surface area contributed by atoms with Gasteiger partial charge in [-0.2, -0.15) is 0 Å². The Morgan fingerprint density at radius 1 is 0.960 bits per heavy atom. The normalized spacial score (nSPS) is 11.3. The van der Waals surface area contributed by atoms with Gasteiger partial charge in [0.2, 0.25) is 10.0 Å². The highest BCUT2D eigenvalue weighted by atomic mass is 35.5. The summed E-state index contributed by atoms with van der Waals surface area (Å²) in [6, 6.07) is 14.7. The molecule has 0 unspecified atom stereocenters. The largest absolute Gasteiger partial charge is 0.289 e. The minimum absolute atomic E-state index is 0.0222. The lowest BCUT2D eigenvalue weighted by Crippen LogP contribution is -2.14. The quantitative estimate of drug-likeness (QED) is 0.711. The lowest BCUT2D eigenvalue weighted by Gasteiger charge is -2.07. The fourth-order valence-corrected chi connectivity index (χ4v) is 3.45. The van der Waals surface area contributed by atoms with E-state index >= 15 is 0 Å². The third-order valence-corrected chi connectivity index (χ3v) is 5.03. The molecular weight excluding hydrogens is 360 g/mol. The maximum atomic E-state index is 12.6. The van der Waals surface area contributed by atoms with Crippen molar-refractivity contribution in [2.75, 3.05) is 0 Å². The molecular formula is C18H13ClN2O3S. The topological polar surface area (TPSA) is 90.1 Å². The molecule has 0 saturated heterocycles. The van der Waals surface area contributed by atoms with Crippen LogP contribution in [0.1, 0.15) is 15.9 Å². The van der Waals surface area contributed by atoms with E-state index in [1.807, 2.05) is 12.1 Å². The van der Waals surface area contributed by atoms with Gasteiger partial charge >= 0.3 is 0 Å². The van der Waals surface area contributed by atoms with Crippen LogP contribution in [0, 0.1) is 0 Å². The van der Waals surface area contributed by atoms with Crippen molar-refractivity contribution in [2.45, 2.75) is 4.90 Å². The summed E-state index contributed by atoms with van der Waals surface area (Å²) in [5, 5.41) is 5.10. The van der Waals surface area contributed by atoms with Crippen LogP contribution in [-0.2, 0) is 10.0 Å². The van der Waals surface area contributed by atoms with E-state index in [2.05, 4.69) is 4.98 Å². The van der Waals surface area contributed by atoms with E-state index in [0.717, 1.165) is 11.1 Å². The molecule has 1 heterocycles. The van der Waals surface area contributed by atoms with Gasteiger partial charge in [-0.3, -0.25) is 9.78 Å². The van der Waals surface area contributed by atoms with Crippen molar-refractivity contribution in [3.05, 3.63) is 83.1 Å². The molecule has 3 aromatic rings. The Bertz CT molecular complexity index is 1030. The summed E-state index contributed by atoms with van der Waals surface area (Å²) in [5.41, 5.74) is 2.48. The second kappa shape index (κ2) is 6.76. The lowest BCUT2D eigenvalue weighted by molar-refractivity contribution is 0.103. The molecule has 126 valence electrons. The summed E-state index contributed by atoms with van der Waals surface area (Å²) in [4.78, 5) is 16.4. The van der Waals surface area contributed by atoms with E-state index in [1.165, 1.54) is 18.2 Å². The van der Waals surface area contributed by atoms with Gasteiger partial charge in [-0.25, -0.2) is 13.6 Å². The van der Waals surface area contributed by atoms with Crippen LogP contribution in [0.25, 0.3) is 11.1 Å². The van der Waals surface area contributed by atoms with Crippen LogP contribution in [0.4, 0.5) is 0 Å². The first-order valence-electron chi connectivity index (χ1n) is 7.24. The van der Waals surface area contributed by atoms with Gasteiger partial charge < -0.3 is 0 Å². The Balaban J connectivity index is 1.94. The molecule has 7 heteroatoms. The van der Waals surface area contributed by atoms with Crippen LogP contribution in [0.15, 0.2) is 71.9 Å². The Hall–Kier alpha value is -2.54. The molecule has 0 aliphatic rings. The van der Waals surface area contributed by atoms with Crippen molar-refractivity contribution in [2.24, 2.45) is 5.14 Å². The first-order chi connectivity index (χ1) is 11.9. The number of benzene rings is 2. The smallest absolute Gasteiger partial charge is 0.239 e. The highest BCUT2D eigenvalue weighted by molar-refractivity contribution is 7.89. The number of hydrogen-bond donors (Lipinski definition) is 1. The molecule has 0 bridgehead atoms. The predicted octanol–water partition coefficient (Wildman–Crippen LogP) is 3.28. The van der Waals surface area contributed by atoms with Crippen molar-refractivity contribution in [3.63, 3.8) is 0 Å². The van der Waals surface area contributed by atoms with Crippen LogP contribution >= 0.6 is 11.6 Å². The summed E-state index contributed by atoms with van der Waals surface area (Å²) in [6.45, 7) is 0. The van der Waals surface area contributed by atoms with Crippen LogP contribution in [0.5, 0.6) is 0 Å². The number of carbonyl (C=O) groups is 1. The first-order valence-corrected chi connectivity index (χ1v) is 9.16. The molecule has 2 N–H and O–H groups in total. The summed E-state index contributed by atoms with van der Waals surface area (Å²) in [6.07, 6.45) is 3.42. The van der Waals surface area contributed by atoms with Crippen LogP contribution < -0.4 is 5.14 Å². The molecule has 2 aromatic carbocycles. The van der Waals surface area contributed by atoms with Crippen LogP contribution in [0.3, 0.4) is 0 Å². The number of halogens is 1. The highest BCUT2D eigenvalue weighted by Gasteiger charge is 2.17. The average molecular weight is 373 g/mol. The number of ketones is 1. The number of hydrogen-bond acceptors (Lipinski definition) is 4. The van der Waals surface area contributed by atoms with Gasteiger partial charge in [0.1, 0.15) is 4.90 Å². The van der Waals surface area contributed by atoms with Crippen LogP contribution in [0.2, 0.25) is 5.02 Å². The molecule has 3 rings (SSSR count). The number of aromatic nitrogens is 1. The average Bonchev–Trinajstić information content (AvgIpc) is 2.61. The monoisotopic (exact) mass is 372 g/mol. The maximum absolute atomic E-state index is 12.6. The minimum atomic E-state index is -4.01. The van der Waals surface area contributed by atoms with Gasteiger partial charge in [0.05, 0.1) is 5.02 Å². The molecule has 0 saturated carbocycles. The second-order valence-corrected chi connectivity index (χ2v) is 7.28. The summed E-state index contributed by atoms with van der Waals surface area (Å²) >= 11 is 5.84. The zero-order chi connectivity index (χ0) is 18.0. The number of rotatable bonds is 4. The van der Waals surface area contributed by atoms with E-state index in [9.17, 15) is 13.2 Å². The Kier molecular flexibility index (Phi) is 4.67.